The zero-order valence-corrected chi connectivity index (χ0v) is 11.9. The number of rotatable bonds is 3. The molecule has 2 atom stereocenters. The van der Waals surface area contributed by atoms with Gasteiger partial charge in [-0.2, -0.15) is 0 Å². The van der Waals surface area contributed by atoms with Crippen molar-refractivity contribution in [2.45, 2.75) is 11.4 Å². The Bertz CT molecular complexity index is 587. The van der Waals surface area contributed by atoms with Gasteiger partial charge in [-0.3, -0.25) is 4.79 Å². The molecule has 1 aromatic carbocycles. The van der Waals surface area contributed by atoms with E-state index < -0.39 is 21.3 Å². The van der Waals surface area contributed by atoms with E-state index >= 15 is 0 Å². The molecule has 1 heterocycles. The van der Waals surface area contributed by atoms with Crippen LogP contribution in [0.25, 0.3) is 0 Å². The second kappa shape index (κ2) is 5.38. The van der Waals surface area contributed by atoms with Crippen molar-refractivity contribution in [1.82, 2.24) is 5.32 Å². The van der Waals surface area contributed by atoms with E-state index in [1.165, 1.54) is 7.11 Å². The maximum Gasteiger partial charge on any atom is 0.255 e. The van der Waals surface area contributed by atoms with Crippen LogP contribution in [0.3, 0.4) is 0 Å². The van der Waals surface area contributed by atoms with Crippen molar-refractivity contribution >= 4 is 27.3 Å². The van der Waals surface area contributed by atoms with E-state index in [-0.39, 0.29) is 17.4 Å². The van der Waals surface area contributed by atoms with Crippen LogP contribution in [0, 0.1) is 0 Å². The Morgan fingerprint density at radius 3 is 2.63 bits per heavy atom. The van der Waals surface area contributed by atoms with Crippen molar-refractivity contribution in [1.29, 1.82) is 0 Å². The second-order valence-electron chi connectivity index (χ2n) is 4.37. The summed E-state index contributed by atoms with van der Waals surface area (Å²) in [5.74, 6) is -0.176. The molecule has 104 valence electrons. The van der Waals surface area contributed by atoms with Gasteiger partial charge in [-0.25, -0.2) is 8.42 Å². The minimum atomic E-state index is -3.17. The third-order valence-corrected chi connectivity index (χ3v) is 5.33. The average Bonchev–Trinajstić information content (AvgIpc) is 2.62. The number of carbonyl (C=O) groups excluding carboxylic acids is 1. The van der Waals surface area contributed by atoms with E-state index in [2.05, 4.69) is 5.32 Å². The Balaban J connectivity index is 2.14. The molecule has 0 aromatic heterocycles. The number of halogens is 1. The highest BCUT2D eigenvalue weighted by atomic mass is 35.5. The summed E-state index contributed by atoms with van der Waals surface area (Å²) in [6, 6.07) is 6.17. The molecular formula is C12H14ClNO4S. The number of para-hydroxylation sites is 1. The predicted molar refractivity (Wildman–Crippen MR) is 72.5 cm³/mol. The monoisotopic (exact) mass is 303 g/mol. The van der Waals surface area contributed by atoms with Gasteiger partial charge in [0.15, 0.2) is 9.84 Å². The van der Waals surface area contributed by atoms with Gasteiger partial charge in [0.25, 0.3) is 5.91 Å². The third-order valence-electron chi connectivity index (χ3n) is 2.95. The number of amides is 1. The molecular weight excluding hydrogens is 290 g/mol. The quantitative estimate of drug-likeness (QED) is 0.840. The van der Waals surface area contributed by atoms with Crippen LogP contribution in [0.5, 0.6) is 5.75 Å². The first-order valence-corrected chi connectivity index (χ1v) is 7.97. The summed E-state index contributed by atoms with van der Waals surface area (Å²) in [4.78, 5) is 12.1. The van der Waals surface area contributed by atoms with Crippen LogP contribution in [-0.2, 0) is 9.84 Å². The Morgan fingerprint density at radius 2 is 2.05 bits per heavy atom. The van der Waals surface area contributed by atoms with Gasteiger partial charge in [0.05, 0.1) is 35.6 Å². The van der Waals surface area contributed by atoms with Gasteiger partial charge in [0.2, 0.25) is 0 Å². The van der Waals surface area contributed by atoms with Crippen LogP contribution in [0.4, 0.5) is 0 Å². The summed E-state index contributed by atoms with van der Waals surface area (Å²) in [7, 11) is -1.70. The molecule has 1 aliphatic heterocycles. The Hall–Kier alpha value is -1.27. The van der Waals surface area contributed by atoms with E-state index in [0.717, 1.165) is 0 Å². The number of benzene rings is 1. The number of carbonyl (C=O) groups is 1. The number of hydrogen-bond acceptors (Lipinski definition) is 4. The molecule has 19 heavy (non-hydrogen) atoms. The van der Waals surface area contributed by atoms with Gasteiger partial charge in [0, 0.05) is 0 Å². The molecule has 2 unspecified atom stereocenters. The maximum atomic E-state index is 12.1. The van der Waals surface area contributed by atoms with Crippen molar-refractivity contribution in [2.24, 2.45) is 0 Å². The van der Waals surface area contributed by atoms with Gasteiger partial charge in [-0.1, -0.05) is 12.1 Å². The van der Waals surface area contributed by atoms with Crippen molar-refractivity contribution in [3.8, 4) is 5.75 Å². The second-order valence-corrected chi connectivity index (χ2v) is 7.09. The molecule has 5 nitrogen and oxygen atoms in total. The summed E-state index contributed by atoms with van der Waals surface area (Å²) in [5.41, 5.74) is 0.359. The topological polar surface area (TPSA) is 72.5 Å². The zero-order chi connectivity index (χ0) is 14.0. The normalized spacial score (nSPS) is 24.9. The van der Waals surface area contributed by atoms with E-state index in [4.69, 9.17) is 16.3 Å². The largest absolute Gasteiger partial charge is 0.496 e. The maximum absolute atomic E-state index is 12.1. The molecule has 1 amide bonds. The Morgan fingerprint density at radius 1 is 1.37 bits per heavy atom. The molecule has 0 bridgehead atoms. The smallest absolute Gasteiger partial charge is 0.255 e. The third kappa shape index (κ3) is 3.19. The number of ether oxygens (including phenoxy) is 1. The number of sulfone groups is 1. The van der Waals surface area contributed by atoms with Crippen LogP contribution in [0.1, 0.15) is 10.4 Å². The van der Waals surface area contributed by atoms with E-state index in [0.29, 0.717) is 11.3 Å². The molecule has 1 aliphatic rings. The minimum Gasteiger partial charge on any atom is -0.496 e. The fraction of sp³-hybridized carbons (Fsp3) is 0.417. The number of hydrogen-bond donors (Lipinski definition) is 1. The zero-order valence-electron chi connectivity index (χ0n) is 10.3. The summed E-state index contributed by atoms with van der Waals surface area (Å²) < 4.78 is 28.0. The first-order chi connectivity index (χ1) is 8.93. The molecule has 1 N–H and O–H groups in total. The van der Waals surface area contributed by atoms with E-state index in [1.807, 2.05) is 0 Å². The molecule has 1 aromatic rings. The highest BCUT2D eigenvalue weighted by Gasteiger charge is 2.37. The lowest BCUT2D eigenvalue weighted by molar-refractivity contribution is 0.0938. The van der Waals surface area contributed by atoms with Crippen LogP contribution < -0.4 is 10.1 Å². The van der Waals surface area contributed by atoms with Crippen LogP contribution in [0.2, 0.25) is 0 Å². The van der Waals surface area contributed by atoms with Crippen LogP contribution in [-0.4, -0.2) is 44.4 Å². The van der Waals surface area contributed by atoms with Crippen molar-refractivity contribution < 1.29 is 17.9 Å². The van der Waals surface area contributed by atoms with E-state index in [1.54, 1.807) is 24.3 Å². The van der Waals surface area contributed by atoms with Crippen molar-refractivity contribution in [3.05, 3.63) is 29.8 Å². The van der Waals surface area contributed by atoms with Gasteiger partial charge in [0.1, 0.15) is 5.75 Å². The first-order valence-electron chi connectivity index (χ1n) is 5.71. The SMILES string of the molecule is COc1ccccc1C(=O)NC1CS(=O)(=O)CC1Cl. The van der Waals surface area contributed by atoms with Crippen LogP contribution >= 0.6 is 11.6 Å². The lowest BCUT2D eigenvalue weighted by Crippen LogP contribution is -2.40. The van der Waals surface area contributed by atoms with Crippen LogP contribution in [0.15, 0.2) is 24.3 Å². The Labute approximate surface area is 116 Å². The molecule has 7 heteroatoms. The summed E-state index contributed by atoms with van der Waals surface area (Å²) in [6.45, 7) is 0. The van der Waals surface area contributed by atoms with Crippen molar-refractivity contribution in [2.75, 3.05) is 18.6 Å². The van der Waals surface area contributed by atoms with Gasteiger partial charge >= 0.3 is 0 Å². The average molecular weight is 304 g/mol. The molecule has 1 saturated heterocycles. The molecule has 2 rings (SSSR count). The van der Waals surface area contributed by atoms with Gasteiger partial charge < -0.3 is 10.1 Å². The molecule has 1 fully saturated rings. The predicted octanol–water partition coefficient (Wildman–Crippen LogP) is 0.829. The number of alkyl halides is 1. The standard InChI is InChI=1S/C12H14ClNO4S/c1-18-11-5-3-2-4-8(11)12(15)14-10-7-19(16,17)6-9(10)13/h2-5,9-10H,6-7H2,1H3,(H,14,15). The molecule has 0 radical (unpaired) electrons. The lowest BCUT2D eigenvalue weighted by Gasteiger charge is -2.15. The first kappa shape index (κ1) is 14.1. The fourth-order valence-electron chi connectivity index (χ4n) is 2.02. The molecule has 0 saturated carbocycles. The lowest BCUT2D eigenvalue weighted by atomic mass is 10.1. The Kier molecular flexibility index (Phi) is 4.01. The van der Waals surface area contributed by atoms with Crippen molar-refractivity contribution in [3.63, 3.8) is 0 Å². The van der Waals surface area contributed by atoms with Gasteiger partial charge in [-0.05, 0) is 12.1 Å². The van der Waals surface area contributed by atoms with Gasteiger partial charge in [-0.15, -0.1) is 11.6 Å². The highest BCUT2D eigenvalue weighted by molar-refractivity contribution is 7.91. The summed E-state index contributed by atoms with van der Waals surface area (Å²) in [6.07, 6.45) is 0. The summed E-state index contributed by atoms with van der Waals surface area (Å²) >= 11 is 5.94. The number of nitrogens with one attached hydrogen (secondary N) is 1. The van der Waals surface area contributed by atoms with E-state index in [9.17, 15) is 13.2 Å². The molecule has 0 spiro atoms. The fourth-order valence-corrected chi connectivity index (χ4v) is 4.57. The minimum absolute atomic E-state index is 0.106. The molecule has 0 aliphatic carbocycles. The highest BCUT2D eigenvalue weighted by Crippen LogP contribution is 2.21. The number of methoxy groups -OCH3 is 1. The summed E-state index contributed by atoms with van der Waals surface area (Å²) in [5, 5.41) is 2.05.